The highest BCUT2D eigenvalue weighted by Crippen LogP contribution is 2.19. The number of hydrogen-bond acceptors (Lipinski definition) is 3. The van der Waals surface area contributed by atoms with Gasteiger partial charge in [0.05, 0.1) is 5.02 Å². The standard InChI is InChI=1S/C14H14ClN3O/c1-18(2)11-7-5-10(6-8-11)14(19)17-13-12(15)4-3-9-16-13/h3-9H,1-2H3,(H,16,17,19). The number of halogens is 1. The van der Waals surface area contributed by atoms with E-state index >= 15 is 0 Å². The van der Waals surface area contributed by atoms with Crippen molar-refractivity contribution >= 4 is 29.0 Å². The Balaban J connectivity index is 2.14. The molecule has 98 valence electrons. The number of pyridine rings is 1. The number of anilines is 2. The third-order valence-electron chi connectivity index (χ3n) is 2.64. The van der Waals surface area contributed by atoms with Crippen LogP contribution in [0.5, 0.6) is 0 Å². The van der Waals surface area contributed by atoms with Crippen LogP contribution < -0.4 is 10.2 Å². The molecular formula is C14H14ClN3O. The van der Waals surface area contributed by atoms with Crippen molar-refractivity contribution in [2.75, 3.05) is 24.3 Å². The number of amides is 1. The predicted molar refractivity (Wildman–Crippen MR) is 78.0 cm³/mol. The normalized spacial score (nSPS) is 10.1. The minimum absolute atomic E-state index is 0.231. The number of carbonyl (C=O) groups excluding carboxylic acids is 1. The Morgan fingerprint density at radius 1 is 1.21 bits per heavy atom. The third-order valence-corrected chi connectivity index (χ3v) is 2.94. The SMILES string of the molecule is CN(C)c1ccc(C(=O)Nc2ncccc2Cl)cc1. The van der Waals surface area contributed by atoms with Crippen LogP contribution in [0.1, 0.15) is 10.4 Å². The molecule has 0 saturated heterocycles. The quantitative estimate of drug-likeness (QED) is 0.936. The molecule has 1 heterocycles. The number of hydrogen-bond donors (Lipinski definition) is 1. The average Bonchev–Trinajstić information content (AvgIpc) is 2.41. The second-order valence-corrected chi connectivity index (χ2v) is 4.64. The van der Waals surface area contributed by atoms with Crippen molar-refractivity contribution < 1.29 is 4.79 Å². The molecule has 0 aliphatic carbocycles. The van der Waals surface area contributed by atoms with E-state index in [0.29, 0.717) is 16.4 Å². The molecule has 1 aromatic carbocycles. The van der Waals surface area contributed by atoms with Crippen LogP contribution in [0.25, 0.3) is 0 Å². The van der Waals surface area contributed by atoms with Gasteiger partial charge in [0.15, 0.2) is 5.82 Å². The van der Waals surface area contributed by atoms with Crippen molar-refractivity contribution in [3.63, 3.8) is 0 Å². The molecule has 5 heteroatoms. The summed E-state index contributed by atoms with van der Waals surface area (Å²) in [6.45, 7) is 0. The van der Waals surface area contributed by atoms with Gasteiger partial charge in [-0.3, -0.25) is 4.79 Å². The van der Waals surface area contributed by atoms with Gasteiger partial charge in [-0.15, -0.1) is 0 Å². The van der Waals surface area contributed by atoms with Gasteiger partial charge in [-0.1, -0.05) is 11.6 Å². The molecule has 1 amide bonds. The van der Waals surface area contributed by atoms with E-state index in [1.165, 1.54) is 0 Å². The highest BCUT2D eigenvalue weighted by Gasteiger charge is 2.09. The van der Waals surface area contributed by atoms with Gasteiger partial charge in [-0.25, -0.2) is 4.98 Å². The molecule has 0 radical (unpaired) electrons. The summed E-state index contributed by atoms with van der Waals surface area (Å²) in [5.74, 6) is 0.136. The summed E-state index contributed by atoms with van der Waals surface area (Å²) in [6, 6.07) is 10.7. The molecule has 0 aliphatic heterocycles. The first-order chi connectivity index (χ1) is 9.08. The van der Waals surface area contributed by atoms with Crippen LogP contribution in [-0.2, 0) is 0 Å². The highest BCUT2D eigenvalue weighted by atomic mass is 35.5. The molecule has 2 rings (SSSR count). The van der Waals surface area contributed by atoms with Crippen molar-refractivity contribution in [3.05, 3.63) is 53.2 Å². The van der Waals surface area contributed by atoms with E-state index in [0.717, 1.165) is 5.69 Å². The monoisotopic (exact) mass is 275 g/mol. The van der Waals surface area contributed by atoms with E-state index in [9.17, 15) is 4.79 Å². The smallest absolute Gasteiger partial charge is 0.256 e. The maximum atomic E-state index is 12.0. The highest BCUT2D eigenvalue weighted by molar-refractivity contribution is 6.33. The Kier molecular flexibility index (Phi) is 4.02. The van der Waals surface area contributed by atoms with Crippen molar-refractivity contribution in [3.8, 4) is 0 Å². The average molecular weight is 276 g/mol. The first-order valence-corrected chi connectivity index (χ1v) is 6.15. The third kappa shape index (κ3) is 3.23. The fourth-order valence-corrected chi connectivity index (χ4v) is 1.74. The molecule has 0 aliphatic rings. The first-order valence-electron chi connectivity index (χ1n) is 5.77. The van der Waals surface area contributed by atoms with Gasteiger partial charge < -0.3 is 10.2 Å². The molecule has 19 heavy (non-hydrogen) atoms. The Morgan fingerprint density at radius 2 is 1.89 bits per heavy atom. The van der Waals surface area contributed by atoms with E-state index in [2.05, 4.69) is 10.3 Å². The zero-order chi connectivity index (χ0) is 13.8. The van der Waals surface area contributed by atoms with E-state index in [1.54, 1.807) is 30.5 Å². The van der Waals surface area contributed by atoms with Crippen LogP contribution in [0, 0.1) is 0 Å². The fraction of sp³-hybridized carbons (Fsp3) is 0.143. The van der Waals surface area contributed by atoms with Crippen molar-refractivity contribution in [1.29, 1.82) is 0 Å². The molecule has 0 atom stereocenters. The molecular weight excluding hydrogens is 262 g/mol. The molecule has 2 aromatic rings. The fourth-order valence-electron chi connectivity index (χ4n) is 1.57. The van der Waals surface area contributed by atoms with Crippen LogP contribution in [-0.4, -0.2) is 25.0 Å². The summed E-state index contributed by atoms with van der Waals surface area (Å²) in [7, 11) is 3.89. The van der Waals surface area contributed by atoms with Gasteiger partial charge in [0.2, 0.25) is 0 Å². The minimum Gasteiger partial charge on any atom is -0.378 e. The second-order valence-electron chi connectivity index (χ2n) is 4.23. The summed E-state index contributed by atoms with van der Waals surface area (Å²) in [5, 5.41) is 3.10. The predicted octanol–water partition coefficient (Wildman–Crippen LogP) is 3.05. The molecule has 4 nitrogen and oxygen atoms in total. The molecule has 0 saturated carbocycles. The first kappa shape index (κ1) is 13.4. The van der Waals surface area contributed by atoms with Gasteiger partial charge in [0.1, 0.15) is 0 Å². The van der Waals surface area contributed by atoms with Gasteiger partial charge in [-0.2, -0.15) is 0 Å². The Morgan fingerprint density at radius 3 is 2.47 bits per heavy atom. The van der Waals surface area contributed by atoms with Crippen molar-refractivity contribution in [2.45, 2.75) is 0 Å². The Hall–Kier alpha value is -2.07. The molecule has 1 N–H and O–H groups in total. The maximum Gasteiger partial charge on any atom is 0.256 e. The molecule has 1 aromatic heterocycles. The molecule has 0 bridgehead atoms. The number of benzene rings is 1. The summed E-state index contributed by atoms with van der Waals surface area (Å²) in [5.41, 5.74) is 1.60. The lowest BCUT2D eigenvalue weighted by molar-refractivity contribution is 0.102. The number of nitrogens with one attached hydrogen (secondary N) is 1. The summed E-state index contributed by atoms with van der Waals surface area (Å²) >= 11 is 5.94. The molecule has 0 spiro atoms. The van der Waals surface area contributed by atoms with Crippen LogP contribution in [0.15, 0.2) is 42.6 Å². The van der Waals surface area contributed by atoms with Crippen LogP contribution in [0.3, 0.4) is 0 Å². The van der Waals surface area contributed by atoms with Crippen molar-refractivity contribution in [1.82, 2.24) is 4.98 Å². The van der Waals surface area contributed by atoms with Gasteiger partial charge in [0.25, 0.3) is 5.91 Å². The van der Waals surface area contributed by atoms with Gasteiger partial charge >= 0.3 is 0 Å². The van der Waals surface area contributed by atoms with Crippen LogP contribution in [0.2, 0.25) is 5.02 Å². The van der Waals surface area contributed by atoms with Crippen LogP contribution in [0.4, 0.5) is 11.5 Å². The number of nitrogens with zero attached hydrogens (tertiary/aromatic N) is 2. The lowest BCUT2D eigenvalue weighted by atomic mass is 10.2. The molecule has 0 fully saturated rings. The van der Waals surface area contributed by atoms with Crippen LogP contribution >= 0.6 is 11.6 Å². The van der Waals surface area contributed by atoms with E-state index in [1.807, 2.05) is 31.1 Å². The van der Waals surface area contributed by atoms with Crippen molar-refractivity contribution in [2.24, 2.45) is 0 Å². The van der Waals surface area contributed by atoms with Gasteiger partial charge in [0, 0.05) is 31.5 Å². The summed E-state index contributed by atoms with van der Waals surface area (Å²) in [4.78, 5) is 18.0. The summed E-state index contributed by atoms with van der Waals surface area (Å²) < 4.78 is 0. The number of carbonyl (C=O) groups is 1. The minimum atomic E-state index is -0.231. The van der Waals surface area contributed by atoms with E-state index < -0.39 is 0 Å². The zero-order valence-electron chi connectivity index (χ0n) is 10.7. The zero-order valence-corrected chi connectivity index (χ0v) is 11.5. The van der Waals surface area contributed by atoms with Gasteiger partial charge in [-0.05, 0) is 36.4 Å². The van der Waals surface area contributed by atoms with E-state index in [-0.39, 0.29) is 5.91 Å². The number of aromatic nitrogens is 1. The molecule has 0 unspecified atom stereocenters. The summed E-state index contributed by atoms with van der Waals surface area (Å²) in [6.07, 6.45) is 1.58. The Labute approximate surface area is 117 Å². The maximum absolute atomic E-state index is 12.0. The largest absolute Gasteiger partial charge is 0.378 e. The Bertz CT molecular complexity index is 581. The lowest BCUT2D eigenvalue weighted by Crippen LogP contribution is -2.14. The second kappa shape index (κ2) is 5.71. The number of rotatable bonds is 3. The lowest BCUT2D eigenvalue weighted by Gasteiger charge is -2.12. The van der Waals surface area contributed by atoms with E-state index in [4.69, 9.17) is 11.6 Å². The topological polar surface area (TPSA) is 45.2 Å².